The van der Waals surface area contributed by atoms with Crippen LogP contribution < -0.4 is 10.6 Å². The van der Waals surface area contributed by atoms with E-state index in [0.717, 1.165) is 49.9 Å². The summed E-state index contributed by atoms with van der Waals surface area (Å²) in [5, 5.41) is 14.6. The van der Waals surface area contributed by atoms with Crippen molar-refractivity contribution < 1.29 is 62.3 Å². The highest BCUT2D eigenvalue weighted by Crippen LogP contribution is 2.44. The Morgan fingerprint density at radius 1 is 0.787 bits per heavy atom. The molecule has 15 nitrogen and oxygen atoms in total. The number of benzene rings is 2. The van der Waals surface area contributed by atoms with Crippen LogP contribution in [-0.2, 0) is 52.4 Å². The monoisotopic (exact) mass is 656 g/mol. The number of hydrogen-bond donors (Lipinski definition) is 3. The Kier molecular flexibility index (Phi) is 11.5. The molecule has 6 atom stereocenters. The summed E-state index contributed by atoms with van der Waals surface area (Å²) in [4.78, 5) is 72.6. The molecule has 1 aliphatic heterocycles. The largest absolute Gasteiger partial charge is 0.480 e. The number of esters is 3. The van der Waals surface area contributed by atoms with Crippen LogP contribution in [0.3, 0.4) is 0 Å². The minimum Gasteiger partial charge on any atom is -0.480 e. The second-order valence-corrected chi connectivity index (χ2v) is 10.9. The lowest BCUT2D eigenvalue weighted by Crippen LogP contribution is -2.67. The maximum Gasteiger partial charge on any atom is 0.407 e. The van der Waals surface area contributed by atoms with Gasteiger partial charge in [0.1, 0.15) is 25.4 Å². The van der Waals surface area contributed by atoms with E-state index >= 15 is 0 Å². The molecule has 0 aromatic heterocycles. The lowest BCUT2D eigenvalue weighted by Gasteiger charge is -2.45. The van der Waals surface area contributed by atoms with Gasteiger partial charge < -0.3 is 44.2 Å². The van der Waals surface area contributed by atoms with E-state index < -0.39 is 85.8 Å². The standard InChI is InChI=1S/C32H36N2O13/c1-16(35)33-27-29(46-19(4)38)28(45-18(3)37)26(15-42-17(2)36)47-31(27)43-14-25(30(39)40)34-32(41)44-13-24-22-11-7-5-9-20(22)21-10-6-8-12-23(21)24/h5-12,24-29,31H,13-15H2,1-4H3,(H,33,35)(H,34,41)(H,39,40)/t25-,26?,27?,28?,29?,31?/m0/s1. The molecule has 0 spiro atoms. The van der Waals surface area contributed by atoms with Crippen molar-refractivity contribution in [2.45, 2.75) is 70.3 Å². The fourth-order valence-electron chi connectivity index (χ4n) is 5.58. The average Bonchev–Trinajstić information content (AvgIpc) is 3.32. The third kappa shape index (κ3) is 8.83. The molecule has 2 aromatic carbocycles. The molecule has 2 amide bonds. The highest BCUT2D eigenvalue weighted by molar-refractivity contribution is 5.81. The van der Waals surface area contributed by atoms with Gasteiger partial charge in [-0.3, -0.25) is 19.2 Å². The predicted octanol–water partition coefficient (Wildman–Crippen LogP) is 1.65. The molecule has 0 saturated carbocycles. The molecule has 5 unspecified atom stereocenters. The number of fused-ring (bicyclic) bond motifs is 3. The van der Waals surface area contributed by atoms with Crippen molar-refractivity contribution in [1.29, 1.82) is 0 Å². The summed E-state index contributed by atoms with van der Waals surface area (Å²) in [6.07, 6.45) is -6.58. The summed E-state index contributed by atoms with van der Waals surface area (Å²) in [6, 6.07) is 12.5. The number of carboxylic acid groups (broad SMARTS) is 1. The number of rotatable bonds is 12. The van der Waals surface area contributed by atoms with Gasteiger partial charge in [-0.1, -0.05) is 48.5 Å². The SMILES string of the molecule is CC(=O)NC1C(OC[C@H](NC(=O)OCC2c3ccccc3-c3ccccc32)C(=O)O)OC(COC(C)=O)C(OC(C)=O)C1OC(C)=O. The molecular formula is C32H36N2O13. The first kappa shape index (κ1) is 34.8. The third-order valence-corrected chi connectivity index (χ3v) is 7.43. The Hall–Kier alpha value is -5.02. The van der Waals surface area contributed by atoms with Gasteiger partial charge in [0, 0.05) is 33.6 Å². The van der Waals surface area contributed by atoms with E-state index in [2.05, 4.69) is 10.6 Å². The van der Waals surface area contributed by atoms with Crippen LogP contribution in [0.15, 0.2) is 48.5 Å². The molecule has 1 saturated heterocycles. The van der Waals surface area contributed by atoms with Crippen LogP contribution in [0.5, 0.6) is 0 Å². The molecule has 3 N–H and O–H groups in total. The minimum atomic E-state index is -1.66. The van der Waals surface area contributed by atoms with Crippen LogP contribution in [0.25, 0.3) is 11.1 Å². The first-order valence-corrected chi connectivity index (χ1v) is 14.7. The molecule has 2 aromatic rings. The number of carboxylic acids is 1. The molecule has 1 heterocycles. The number of ether oxygens (including phenoxy) is 6. The first-order valence-electron chi connectivity index (χ1n) is 14.7. The second kappa shape index (κ2) is 15.5. The maximum absolute atomic E-state index is 12.8. The van der Waals surface area contributed by atoms with E-state index in [4.69, 9.17) is 28.4 Å². The van der Waals surface area contributed by atoms with Gasteiger partial charge in [0.05, 0.1) is 6.61 Å². The van der Waals surface area contributed by atoms with Gasteiger partial charge in [0.15, 0.2) is 24.5 Å². The van der Waals surface area contributed by atoms with Gasteiger partial charge in [0.2, 0.25) is 5.91 Å². The fraction of sp³-hybridized carbons (Fsp3) is 0.438. The Morgan fingerprint density at radius 2 is 1.36 bits per heavy atom. The van der Waals surface area contributed by atoms with Crippen molar-refractivity contribution in [2.75, 3.05) is 19.8 Å². The lowest BCUT2D eigenvalue weighted by atomic mass is 9.96. The molecule has 0 bridgehead atoms. The molecule has 4 rings (SSSR count). The van der Waals surface area contributed by atoms with Gasteiger partial charge in [-0.15, -0.1) is 0 Å². The van der Waals surface area contributed by atoms with E-state index in [9.17, 15) is 33.9 Å². The van der Waals surface area contributed by atoms with Crippen molar-refractivity contribution in [3.8, 4) is 11.1 Å². The van der Waals surface area contributed by atoms with Crippen LogP contribution in [0.1, 0.15) is 44.7 Å². The molecule has 252 valence electrons. The van der Waals surface area contributed by atoms with Crippen LogP contribution >= 0.6 is 0 Å². The Bertz CT molecular complexity index is 1470. The number of carbonyl (C=O) groups is 6. The lowest BCUT2D eigenvalue weighted by molar-refractivity contribution is -0.278. The van der Waals surface area contributed by atoms with E-state index in [1.165, 1.54) is 0 Å². The Labute approximate surface area is 269 Å². The zero-order chi connectivity index (χ0) is 34.2. The second-order valence-electron chi connectivity index (χ2n) is 10.9. The summed E-state index contributed by atoms with van der Waals surface area (Å²) < 4.78 is 32.8. The van der Waals surface area contributed by atoms with Crippen molar-refractivity contribution in [1.82, 2.24) is 10.6 Å². The minimum absolute atomic E-state index is 0.0666. The van der Waals surface area contributed by atoms with Gasteiger partial charge >= 0.3 is 30.0 Å². The molecule has 15 heteroatoms. The zero-order valence-corrected chi connectivity index (χ0v) is 26.1. The summed E-state index contributed by atoms with van der Waals surface area (Å²) in [5.41, 5.74) is 3.97. The predicted molar refractivity (Wildman–Crippen MR) is 160 cm³/mol. The van der Waals surface area contributed by atoms with Crippen LogP contribution in [0.4, 0.5) is 4.79 Å². The van der Waals surface area contributed by atoms with Crippen LogP contribution in [-0.4, -0.2) is 97.5 Å². The summed E-state index contributed by atoms with van der Waals surface area (Å²) >= 11 is 0. The van der Waals surface area contributed by atoms with Gasteiger partial charge in [0.25, 0.3) is 0 Å². The van der Waals surface area contributed by atoms with Crippen molar-refractivity contribution in [2.24, 2.45) is 0 Å². The normalized spacial score (nSPS) is 22.1. The molecule has 1 aliphatic carbocycles. The van der Waals surface area contributed by atoms with E-state index in [-0.39, 0.29) is 12.5 Å². The number of hydrogen-bond acceptors (Lipinski definition) is 12. The summed E-state index contributed by atoms with van der Waals surface area (Å²) in [7, 11) is 0. The molecule has 2 aliphatic rings. The Balaban J connectivity index is 1.48. The first-order chi connectivity index (χ1) is 22.3. The Morgan fingerprint density at radius 3 is 1.89 bits per heavy atom. The highest BCUT2D eigenvalue weighted by Gasteiger charge is 2.51. The van der Waals surface area contributed by atoms with Crippen LogP contribution in [0.2, 0.25) is 0 Å². The van der Waals surface area contributed by atoms with Gasteiger partial charge in [-0.25, -0.2) is 9.59 Å². The topological polar surface area (TPSA) is 202 Å². The number of nitrogens with one attached hydrogen (secondary N) is 2. The molecule has 1 fully saturated rings. The fourth-order valence-corrected chi connectivity index (χ4v) is 5.58. The number of aliphatic carboxylic acids is 1. The maximum atomic E-state index is 12.8. The van der Waals surface area contributed by atoms with Crippen LogP contribution in [0, 0.1) is 0 Å². The number of amides is 2. The quantitative estimate of drug-likeness (QED) is 0.220. The van der Waals surface area contributed by atoms with E-state index in [1.54, 1.807) is 0 Å². The van der Waals surface area contributed by atoms with Crippen molar-refractivity contribution in [3.05, 3.63) is 59.7 Å². The number of carbonyl (C=O) groups excluding carboxylic acids is 5. The van der Waals surface area contributed by atoms with Crippen molar-refractivity contribution in [3.63, 3.8) is 0 Å². The van der Waals surface area contributed by atoms with Gasteiger partial charge in [-0.05, 0) is 22.3 Å². The summed E-state index contributed by atoms with van der Waals surface area (Å²) in [6.45, 7) is 3.23. The molecule has 47 heavy (non-hydrogen) atoms. The van der Waals surface area contributed by atoms with E-state index in [0.29, 0.717) is 0 Å². The summed E-state index contributed by atoms with van der Waals surface area (Å²) in [5.74, 6) is -4.65. The van der Waals surface area contributed by atoms with Gasteiger partial charge in [-0.2, -0.15) is 0 Å². The highest BCUT2D eigenvalue weighted by atomic mass is 16.7. The third-order valence-electron chi connectivity index (χ3n) is 7.43. The molecular weight excluding hydrogens is 620 g/mol. The van der Waals surface area contributed by atoms with Crippen molar-refractivity contribution >= 4 is 35.9 Å². The zero-order valence-electron chi connectivity index (χ0n) is 26.1. The smallest absolute Gasteiger partial charge is 0.407 e. The average molecular weight is 657 g/mol. The number of alkyl carbamates (subject to hydrolysis) is 1. The van der Waals surface area contributed by atoms with E-state index in [1.807, 2.05) is 48.5 Å². The molecule has 0 radical (unpaired) electrons.